The minimum atomic E-state index is -1.08. The fraction of sp³-hybridized carbons (Fsp3) is 0.333. The largest absolute Gasteiger partial charge is 0.481 e. The molecule has 0 saturated heterocycles. The van der Waals surface area contributed by atoms with E-state index in [1.165, 1.54) is 0 Å². The van der Waals surface area contributed by atoms with Crippen molar-refractivity contribution in [1.29, 1.82) is 0 Å². The first kappa shape index (κ1) is 25.4. The summed E-state index contributed by atoms with van der Waals surface area (Å²) in [6.45, 7) is 0.265. The molecule has 0 fully saturated rings. The third kappa shape index (κ3) is 10.8. The van der Waals surface area contributed by atoms with Crippen LogP contribution in [0, 0.1) is 0 Å². The molecule has 3 N–H and O–H groups in total. The van der Waals surface area contributed by atoms with E-state index in [9.17, 15) is 19.2 Å². The maximum atomic E-state index is 12.6. The summed E-state index contributed by atoms with van der Waals surface area (Å²) in [5, 5.41) is 13.7. The Morgan fingerprint density at radius 2 is 1.39 bits per heavy atom. The van der Waals surface area contributed by atoms with E-state index in [4.69, 9.17) is 14.6 Å². The molecule has 0 radical (unpaired) electrons. The highest BCUT2D eigenvalue weighted by Crippen LogP contribution is 2.07. The van der Waals surface area contributed by atoms with Gasteiger partial charge in [0.1, 0.15) is 19.3 Å². The Labute approximate surface area is 192 Å². The minimum absolute atomic E-state index is 0.00117. The normalized spacial score (nSPS) is 11.2. The fourth-order valence-corrected chi connectivity index (χ4v) is 2.82. The summed E-state index contributed by atoms with van der Waals surface area (Å²) in [5.74, 6) is -1.99. The van der Waals surface area contributed by atoms with Crippen LogP contribution in [0.25, 0.3) is 0 Å². The van der Waals surface area contributed by atoms with E-state index in [-0.39, 0.29) is 44.9 Å². The predicted molar refractivity (Wildman–Crippen MR) is 119 cm³/mol. The van der Waals surface area contributed by atoms with Crippen LogP contribution >= 0.6 is 0 Å². The molecule has 2 aromatic carbocycles. The number of esters is 1. The summed E-state index contributed by atoms with van der Waals surface area (Å²) in [6.07, 6.45) is -0.616. The number of rotatable bonds is 13. The van der Waals surface area contributed by atoms with E-state index in [0.717, 1.165) is 11.1 Å². The van der Waals surface area contributed by atoms with Crippen LogP contribution in [0.15, 0.2) is 60.7 Å². The van der Waals surface area contributed by atoms with Crippen molar-refractivity contribution in [2.24, 2.45) is 0 Å². The number of carboxylic acid groups (broad SMARTS) is 1. The molecule has 1 atom stereocenters. The van der Waals surface area contributed by atoms with Gasteiger partial charge < -0.3 is 25.2 Å². The zero-order valence-electron chi connectivity index (χ0n) is 18.2. The SMILES string of the molecule is O=C(O)CCCNC(=O)CC[C@H](NC(=O)OCc1ccccc1)C(=O)OCc1ccccc1. The van der Waals surface area contributed by atoms with Crippen LogP contribution in [-0.2, 0) is 37.1 Å². The first-order valence-electron chi connectivity index (χ1n) is 10.6. The lowest BCUT2D eigenvalue weighted by Gasteiger charge is -2.17. The number of aliphatic carboxylic acids is 1. The third-order valence-corrected chi connectivity index (χ3v) is 4.56. The number of hydrogen-bond acceptors (Lipinski definition) is 6. The molecule has 0 aliphatic carbocycles. The molecule has 0 bridgehead atoms. The number of hydrogen-bond donors (Lipinski definition) is 3. The number of alkyl carbamates (subject to hydrolysis) is 1. The summed E-state index contributed by atoms with van der Waals surface area (Å²) in [4.78, 5) is 47.4. The monoisotopic (exact) mass is 456 g/mol. The van der Waals surface area contributed by atoms with Gasteiger partial charge in [-0.05, 0) is 24.0 Å². The second-order valence-electron chi connectivity index (χ2n) is 7.24. The van der Waals surface area contributed by atoms with Gasteiger partial charge >= 0.3 is 18.0 Å². The number of amides is 2. The predicted octanol–water partition coefficient (Wildman–Crippen LogP) is 2.79. The number of ether oxygens (including phenoxy) is 2. The molecule has 2 rings (SSSR count). The smallest absolute Gasteiger partial charge is 0.408 e. The van der Waals surface area contributed by atoms with Crippen LogP contribution < -0.4 is 10.6 Å². The molecular formula is C24H28N2O7. The highest BCUT2D eigenvalue weighted by molar-refractivity contribution is 5.83. The highest BCUT2D eigenvalue weighted by Gasteiger charge is 2.24. The molecule has 0 spiro atoms. The summed E-state index contributed by atoms with van der Waals surface area (Å²) in [7, 11) is 0. The van der Waals surface area contributed by atoms with E-state index in [0.29, 0.717) is 6.42 Å². The van der Waals surface area contributed by atoms with Crippen molar-refractivity contribution >= 4 is 23.9 Å². The molecule has 0 aliphatic heterocycles. The Bertz CT molecular complexity index is 904. The highest BCUT2D eigenvalue weighted by atomic mass is 16.6. The van der Waals surface area contributed by atoms with Crippen molar-refractivity contribution in [3.8, 4) is 0 Å². The van der Waals surface area contributed by atoms with Crippen molar-refractivity contribution in [1.82, 2.24) is 10.6 Å². The Kier molecular flexibility index (Phi) is 10.9. The molecule has 0 saturated carbocycles. The average Bonchev–Trinajstić information content (AvgIpc) is 2.82. The Hall–Kier alpha value is -3.88. The van der Waals surface area contributed by atoms with E-state index < -0.39 is 24.1 Å². The lowest BCUT2D eigenvalue weighted by molar-refractivity contribution is -0.147. The molecule has 9 heteroatoms. The van der Waals surface area contributed by atoms with E-state index in [1.54, 1.807) is 24.3 Å². The van der Waals surface area contributed by atoms with Crippen LogP contribution in [-0.4, -0.2) is 41.6 Å². The number of carboxylic acids is 1. The summed E-state index contributed by atoms with van der Waals surface area (Å²) in [6, 6.07) is 17.1. The van der Waals surface area contributed by atoms with Crippen molar-refractivity contribution < 1.29 is 33.8 Å². The zero-order valence-corrected chi connectivity index (χ0v) is 18.2. The van der Waals surface area contributed by atoms with Crippen LogP contribution in [0.1, 0.15) is 36.8 Å². The van der Waals surface area contributed by atoms with E-state index in [1.807, 2.05) is 36.4 Å². The lowest BCUT2D eigenvalue weighted by atomic mass is 10.1. The van der Waals surface area contributed by atoms with Gasteiger partial charge in [0.05, 0.1) is 0 Å². The molecule has 9 nitrogen and oxygen atoms in total. The minimum Gasteiger partial charge on any atom is -0.481 e. The maximum Gasteiger partial charge on any atom is 0.408 e. The first-order chi connectivity index (χ1) is 15.9. The van der Waals surface area contributed by atoms with Crippen molar-refractivity contribution in [3.63, 3.8) is 0 Å². The van der Waals surface area contributed by atoms with Gasteiger partial charge in [-0.1, -0.05) is 60.7 Å². The molecule has 176 valence electrons. The van der Waals surface area contributed by atoms with E-state index >= 15 is 0 Å². The molecule has 2 aromatic rings. The molecule has 0 heterocycles. The quantitative estimate of drug-likeness (QED) is 0.312. The molecule has 0 unspecified atom stereocenters. The van der Waals surface area contributed by atoms with Gasteiger partial charge in [-0.2, -0.15) is 0 Å². The second kappa shape index (κ2) is 14.2. The number of nitrogens with one attached hydrogen (secondary N) is 2. The molecule has 2 amide bonds. The molecule has 33 heavy (non-hydrogen) atoms. The van der Waals surface area contributed by atoms with Gasteiger partial charge in [0.25, 0.3) is 0 Å². The van der Waals surface area contributed by atoms with Crippen molar-refractivity contribution in [2.75, 3.05) is 6.54 Å². The number of carbonyl (C=O) groups excluding carboxylic acids is 3. The molecule has 0 aromatic heterocycles. The van der Waals surface area contributed by atoms with Crippen molar-refractivity contribution in [3.05, 3.63) is 71.8 Å². The maximum absolute atomic E-state index is 12.6. The second-order valence-corrected chi connectivity index (χ2v) is 7.24. The Morgan fingerprint density at radius 3 is 1.97 bits per heavy atom. The lowest BCUT2D eigenvalue weighted by Crippen LogP contribution is -2.43. The molecule has 0 aliphatic rings. The Balaban J connectivity index is 1.87. The number of benzene rings is 2. The van der Waals surface area contributed by atoms with Crippen molar-refractivity contribution in [2.45, 2.75) is 44.9 Å². The number of carbonyl (C=O) groups is 4. The first-order valence-corrected chi connectivity index (χ1v) is 10.6. The van der Waals surface area contributed by atoms with Gasteiger partial charge in [-0.15, -0.1) is 0 Å². The van der Waals surface area contributed by atoms with Gasteiger partial charge in [0.2, 0.25) is 5.91 Å². The zero-order chi connectivity index (χ0) is 23.9. The van der Waals surface area contributed by atoms with Crippen LogP contribution in [0.4, 0.5) is 4.79 Å². The van der Waals surface area contributed by atoms with Gasteiger partial charge in [0.15, 0.2) is 0 Å². The van der Waals surface area contributed by atoms with Crippen LogP contribution in [0.3, 0.4) is 0 Å². The molecular weight excluding hydrogens is 428 g/mol. The summed E-state index contributed by atoms with van der Waals surface area (Å²) in [5.41, 5.74) is 1.57. The van der Waals surface area contributed by atoms with Gasteiger partial charge in [0, 0.05) is 19.4 Å². The fourth-order valence-electron chi connectivity index (χ4n) is 2.82. The van der Waals surface area contributed by atoms with Gasteiger partial charge in [-0.25, -0.2) is 9.59 Å². The summed E-state index contributed by atoms with van der Waals surface area (Å²) >= 11 is 0. The Morgan fingerprint density at radius 1 is 0.818 bits per heavy atom. The van der Waals surface area contributed by atoms with Crippen LogP contribution in [0.2, 0.25) is 0 Å². The third-order valence-electron chi connectivity index (χ3n) is 4.56. The van der Waals surface area contributed by atoms with Crippen LogP contribution in [0.5, 0.6) is 0 Å². The topological polar surface area (TPSA) is 131 Å². The average molecular weight is 456 g/mol. The van der Waals surface area contributed by atoms with E-state index in [2.05, 4.69) is 10.6 Å². The van der Waals surface area contributed by atoms with Gasteiger partial charge in [-0.3, -0.25) is 9.59 Å². The summed E-state index contributed by atoms with van der Waals surface area (Å²) < 4.78 is 10.5. The standard InChI is InChI=1S/C24H28N2O7/c27-21(25-15-7-12-22(28)29)14-13-20(23(30)32-16-18-8-3-1-4-9-18)26-24(31)33-17-19-10-5-2-6-11-19/h1-6,8-11,20H,7,12-17H2,(H,25,27)(H,26,31)(H,28,29)/t20-/m0/s1.